The minimum atomic E-state index is -0.654. The Hall–Kier alpha value is -2.55. The van der Waals surface area contributed by atoms with E-state index in [4.69, 9.17) is 16.3 Å². The van der Waals surface area contributed by atoms with Crippen LogP contribution in [0.1, 0.15) is 30.3 Å². The number of aromatic nitrogens is 1. The monoisotopic (exact) mass is 462 g/mol. The molecule has 1 aliphatic rings. The number of nitrogens with zero attached hydrogens (tertiary/aromatic N) is 2. The molecule has 0 bridgehead atoms. The number of hydrogen-bond donors (Lipinski definition) is 0. The molecule has 0 amide bonds. The highest BCUT2D eigenvalue weighted by Crippen LogP contribution is 2.33. The van der Waals surface area contributed by atoms with E-state index in [0.717, 1.165) is 16.2 Å². The van der Waals surface area contributed by atoms with Crippen LogP contribution in [-0.4, -0.2) is 17.1 Å². The highest BCUT2D eigenvalue weighted by Gasteiger charge is 2.33. The van der Waals surface area contributed by atoms with Crippen molar-refractivity contribution in [3.8, 4) is 0 Å². The molecule has 2 aromatic heterocycles. The fraction of sp³-hybridized carbons (Fsp3) is 0.190. The van der Waals surface area contributed by atoms with Crippen LogP contribution in [0.25, 0.3) is 6.08 Å². The number of benzene rings is 1. The van der Waals surface area contributed by atoms with Gasteiger partial charge in [-0.15, -0.1) is 11.3 Å². The second kappa shape index (κ2) is 8.29. The van der Waals surface area contributed by atoms with Crippen molar-refractivity contribution in [2.24, 2.45) is 4.99 Å². The lowest BCUT2D eigenvalue weighted by Gasteiger charge is -2.23. The van der Waals surface area contributed by atoms with Gasteiger partial charge in [0.05, 0.1) is 27.4 Å². The molecule has 5 nitrogen and oxygen atoms in total. The Labute approximate surface area is 184 Å². The zero-order chi connectivity index (χ0) is 21.4. The molecule has 1 atom stereocenters. The number of thiophene rings is 1. The van der Waals surface area contributed by atoms with E-state index in [2.05, 4.69) is 4.99 Å². The summed E-state index contributed by atoms with van der Waals surface area (Å²) in [6.45, 7) is 3.65. The molecule has 0 saturated heterocycles. The van der Waals surface area contributed by atoms with Gasteiger partial charge in [0.1, 0.15) is 11.9 Å². The van der Waals surface area contributed by atoms with Crippen molar-refractivity contribution in [2.75, 3.05) is 6.61 Å². The molecule has 0 saturated carbocycles. The number of ether oxygens (including phenoxy) is 1. The SMILES string of the molecule is CCOC(=O)C1=C(C)N=c2s/c(=C/c3c(F)cccc3Cl)c(=O)n2[C@H]1c1cccs1. The molecule has 1 aromatic carbocycles. The van der Waals surface area contributed by atoms with Crippen LogP contribution in [0.15, 0.2) is 56.8 Å². The van der Waals surface area contributed by atoms with Crippen molar-refractivity contribution in [3.63, 3.8) is 0 Å². The van der Waals surface area contributed by atoms with E-state index in [-0.39, 0.29) is 27.3 Å². The molecule has 0 unspecified atom stereocenters. The average molecular weight is 463 g/mol. The van der Waals surface area contributed by atoms with Crippen molar-refractivity contribution in [3.05, 3.63) is 88.0 Å². The van der Waals surface area contributed by atoms with Gasteiger partial charge in [-0.25, -0.2) is 14.2 Å². The summed E-state index contributed by atoms with van der Waals surface area (Å²) in [6.07, 6.45) is 1.43. The Morgan fingerprint density at radius 2 is 2.17 bits per heavy atom. The summed E-state index contributed by atoms with van der Waals surface area (Å²) < 4.78 is 21.2. The molecule has 9 heteroatoms. The van der Waals surface area contributed by atoms with Gasteiger partial charge in [-0.2, -0.15) is 0 Å². The van der Waals surface area contributed by atoms with Crippen molar-refractivity contribution in [2.45, 2.75) is 19.9 Å². The second-order valence-corrected chi connectivity index (χ2v) is 8.85. The lowest BCUT2D eigenvalue weighted by atomic mass is 10.0. The molecule has 3 heterocycles. The number of halogens is 2. The minimum absolute atomic E-state index is 0.137. The van der Waals surface area contributed by atoms with Gasteiger partial charge in [-0.05, 0) is 43.5 Å². The fourth-order valence-corrected chi connectivity index (χ4v) is 5.36. The van der Waals surface area contributed by atoms with Crippen LogP contribution >= 0.6 is 34.3 Å². The third-order valence-electron chi connectivity index (χ3n) is 4.60. The lowest BCUT2D eigenvalue weighted by Crippen LogP contribution is -2.39. The van der Waals surface area contributed by atoms with Gasteiger partial charge in [-0.3, -0.25) is 9.36 Å². The van der Waals surface area contributed by atoms with Crippen LogP contribution in [0.2, 0.25) is 5.02 Å². The largest absolute Gasteiger partial charge is 0.463 e. The van der Waals surface area contributed by atoms with Crippen molar-refractivity contribution in [1.29, 1.82) is 0 Å². The van der Waals surface area contributed by atoms with Crippen LogP contribution in [0.5, 0.6) is 0 Å². The summed E-state index contributed by atoms with van der Waals surface area (Å²) in [4.78, 5) is 31.7. The van der Waals surface area contributed by atoms with Crippen molar-refractivity contribution < 1.29 is 13.9 Å². The molecular weight excluding hydrogens is 447 g/mol. The van der Waals surface area contributed by atoms with E-state index in [1.54, 1.807) is 19.9 Å². The Kier molecular flexibility index (Phi) is 5.73. The predicted molar refractivity (Wildman–Crippen MR) is 116 cm³/mol. The maximum atomic E-state index is 14.3. The smallest absolute Gasteiger partial charge is 0.338 e. The van der Waals surface area contributed by atoms with Gasteiger partial charge in [0, 0.05) is 10.4 Å². The van der Waals surface area contributed by atoms with E-state index >= 15 is 0 Å². The van der Waals surface area contributed by atoms with Crippen molar-refractivity contribution in [1.82, 2.24) is 4.57 Å². The number of esters is 1. The van der Waals surface area contributed by atoms with Gasteiger partial charge >= 0.3 is 5.97 Å². The number of thiazole rings is 1. The Balaban J connectivity index is 1.98. The topological polar surface area (TPSA) is 60.7 Å². The molecule has 1 aliphatic heterocycles. The Morgan fingerprint density at radius 1 is 1.37 bits per heavy atom. The van der Waals surface area contributed by atoms with Gasteiger partial charge in [0.2, 0.25) is 0 Å². The highest BCUT2D eigenvalue weighted by molar-refractivity contribution is 7.10. The van der Waals surface area contributed by atoms with Gasteiger partial charge in [0.25, 0.3) is 5.56 Å². The van der Waals surface area contributed by atoms with E-state index < -0.39 is 17.8 Å². The molecular formula is C21H16ClFN2O3S2. The zero-order valence-corrected chi connectivity index (χ0v) is 18.4. The Bertz CT molecular complexity index is 1320. The van der Waals surface area contributed by atoms with Crippen LogP contribution in [0.4, 0.5) is 4.39 Å². The van der Waals surface area contributed by atoms with Gasteiger partial charge in [-0.1, -0.05) is 35.1 Å². The van der Waals surface area contributed by atoms with E-state index in [1.165, 1.54) is 34.1 Å². The quantitative estimate of drug-likeness (QED) is 0.556. The zero-order valence-electron chi connectivity index (χ0n) is 16.0. The fourth-order valence-electron chi connectivity index (χ4n) is 3.29. The molecule has 0 spiro atoms. The molecule has 0 N–H and O–H groups in total. The summed E-state index contributed by atoms with van der Waals surface area (Å²) >= 11 is 8.68. The standard InChI is InChI=1S/C21H16ClFN2O3S2/c1-3-28-20(27)17-11(2)24-21-25(18(17)15-8-5-9-29-15)19(26)16(30-21)10-12-13(22)6-4-7-14(12)23/h4-10,18H,3H2,1-2H3/b16-10+/t18-/m0/s1. The second-order valence-electron chi connectivity index (χ2n) is 6.45. The third-order valence-corrected chi connectivity index (χ3v) is 6.84. The molecule has 0 aliphatic carbocycles. The predicted octanol–water partition coefficient (Wildman–Crippen LogP) is 3.65. The number of allylic oxidation sites excluding steroid dienone is 1. The highest BCUT2D eigenvalue weighted by atomic mass is 35.5. The summed E-state index contributed by atoms with van der Waals surface area (Å²) in [6, 6.07) is 7.41. The van der Waals surface area contributed by atoms with Crippen LogP contribution in [-0.2, 0) is 9.53 Å². The molecule has 154 valence electrons. The maximum absolute atomic E-state index is 14.3. The summed E-state index contributed by atoms with van der Waals surface area (Å²) in [5.41, 5.74) is 0.579. The molecule has 4 rings (SSSR count). The number of hydrogen-bond acceptors (Lipinski definition) is 6. The maximum Gasteiger partial charge on any atom is 0.338 e. The summed E-state index contributed by atoms with van der Waals surface area (Å²) in [7, 11) is 0. The number of carbonyl (C=O) groups is 1. The first kappa shape index (κ1) is 20.7. The first-order valence-electron chi connectivity index (χ1n) is 9.09. The minimum Gasteiger partial charge on any atom is -0.463 e. The Morgan fingerprint density at radius 3 is 2.83 bits per heavy atom. The van der Waals surface area contributed by atoms with Crippen molar-refractivity contribution >= 4 is 46.3 Å². The molecule has 3 aromatic rings. The van der Waals surface area contributed by atoms with E-state index in [9.17, 15) is 14.0 Å². The summed E-state index contributed by atoms with van der Waals surface area (Å²) in [5, 5.41) is 2.08. The lowest BCUT2D eigenvalue weighted by molar-refractivity contribution is -0.139. The number of fused-ring (bicyclic) bond motifs is 1. The first-order valence-corrected chi connectivity index (χ1v) is 11.2. The van der Waals surface area contributed by atoms with Crippen LogP contribution < -0.4 is 14.9 Å². The van der Waals surface area contributed by atoms with E-state index in [0.29, 0.717) is 16.1 Å². The van der Waals surface area contributed by atoms with Crippen LogP contribution in [0, 0.1) is 5.82 Å². The first-order chi connectivity index (χ1) is 14.4. The van der Waals surface area contributed by atoms with Gasteiger partial charge < -0.3 is 4.74 Å². The van der Waals surface area contributed by atoms with Gasteiger partial charge in [0.15, 0.2) is 4.80 Å². The third kappa shape index (κ3) is 3.55. The number of rotatable bonds is 4. The molecule has 30 heavy (non-hydrogen) atoms. The average Bonchev–Trinajstić information content (AvgIpc) is 3.33. The number of carbonyl (C=O) groups excluding carboxylic acids is 1. The van der Waals surface area contributed by atoms with E-state index in [1.807, 2.05) is 17.5 Å². The van der Waals surface area contributed by atoms with Crippen LogP contribution in [0.3, 0.4) is 0 Å². The normalized spacial score (nSPS) is 16.4. The molecule has 0 radical (unpaired) electrons. The molecule has 0 fully saturated rings. The summed E-state index contributed by atoms with van der Waals surface area (Å²) in [5.74, 6) is -1.03.